The van der Waals surface area contributed by atoms with Gasteiger partial charge in [0.1, 0.15) is 5.75 Å². The lowest BCUT2D eigenvalue weighted by molar-refractivity contribution is -0.140. The molecule has 0 aliphatic heterocycles. The summed E-state index contributed by atoms with van der Waals surface area (Å²) < 4.78 is 33.3. The van der Waals surface area contributed by atoms with Crippen molar-refractivity contribution in [3.05, 3.63) is 0 Å². The molecule has 6 heteroatoms. The van der Waals surface area contributed by atoms with Crippen molar-refractivity contribution in [2.45, 2.75) is 5.51 Å². The van der Waals surface area contributed by atoms with E-state index >= 15 is 0 Å². The summed E-state index contributed by atoms with van der Waals surface area (Å²) in [6.07, 6.45) is 0. The van der Waals surface area contributed by atoms with Crippen LogP contribution in [0.25, 0.3) is 0 Å². The number of carbonyl (C=O) groups is 1. The summed E-state index contributed by atoms with van der Waals surface area (Å²) in [5.41, 5.74) is -4.47. The highest BCUT2D eigenvalue weighted by atomic mass is 32.2. The molecular formula is C3H2F3O2S. The molecule has 0 amide bonds. The summed E-state index contributed by atoms with van der Waals surface area (Å²) in [7, 11) is 0. The number of halogens is 3. The molecule has 0 saturated carbocycles. The molecule has 0 aliphatic carbocycles. The summed E-state index contributed by atoms with van der Waals surface area (Å²) >= 11 is -0.620. The highest BCUT2D eigenvalue weighted by molar-refractivity contribution is 8.00. The molecule has 0 atom stereocenters. The zero-order valence-corrected chi connectivity index (χ0v) is 4.88. The van der Waals surface area contributed by atoms with Gasteiger partial charge in [0, 0.05) is 0 Å². The molecule has 0 aromatic heterocycles. The van der Waals surface area contributed by atoms with Crippen LogP contribution in [0.4, 0.5) is 13.2 Å². The SMILES string of the molecule is [O]C(=O)CSC(F)(F)F. The highest BCUT2D eigenvalue weighted by Crippen LogP contribution is 2.29. The summed E-state index contributed by atoms with van der Waals surface area (Å²) in [6, 6.07) is 0. The van der Waals surface area contributed by atoms with Gasteiger partial charge in [-0.3, -0.25) is 0 Å². The normalized spacial score (nSPS) is 11.4. The van der Waals surface area contributed by atoms with Crippen molar-refractivity contribution in [1.82, 2.24) is 0 Å². The van der Waals surface area contributed by atoms with Gasteiger partial charge >= 0.3 is 11.5 Å². The quantitative estimate of drug-likeness (QED) is 0.606. The van der Waals surface area contributed by atoms with E-state index in [1.807, 2.05) is 0 Å². The van der Waals surface area contributed by atoms with Crippen molar-refractivity contribution in [1.29, 1.82) is 0 Å². The zero-order valence-electron chi connectivity index (χ0n) is 4.07. The Kier molecular flexibility index (Phi) is 2.83. The summed E-state index contributed by atoms with van der Waals surface area (Å²) in [5, 5.41) is 9.41. The zero-order chi connectivity index (χ0) is 7.49. The predicted octanol–water partition coefficient (Wildman–Crippen LogP) is 1.20. The fourth-order valence-electron chi connectivity index (χ4n) is 0.141. The van der Waals surface area contributed by atoms with Crippen LogP contribution in [0.15, 0.2) is 0 Å². The van der Waals surface area contributed by atoms with Gasteiger partial charge in [0.25, 0.3) is 0 Å². The lowest BCUT2D eigenvalue weighted by Crippen LogP contribution is -2.06. The lowest BCUT2D eigenvalue weighted by Gasteiger charge is -1.99. The minimum absolute atomic E-state index is 0.620. The summed E-state index contributed by atoms with van der Waals surface area (Å²) in [4.78, 5) is 9.41. The molecular weight excluding hydrogens is 157 g/mol. The van der Waals surface area contributed by atoms with E-state index < -0.39 is 29.0 Å². The van der Waals surface area contributed by atoms with Crippen molar-refractivity contribution in [2.24, 2.45) is 0 Å². The summed E-state index contributed by atoms with van der Waals surface area (Å²) in [5.74, 6) is -2.75. The fourth-order valence-corrected chi connectivity index (χ4v) is 0.422. The van der Waals surface area contributed by atoms with Crippen LogP contribution in [-0.4, -0.2) is 17.2 Å². The number of alkyl halides is 3. The van der Waals surface area contributed by atoms with Crippen molar-refractivity contribution < 1.29 is 23.1 Å². The molecule has 0 bridgehead atoms. The first kappa shape index (κ1) is 8.61. The predicted molar refractivity (Wildman–Crippen MR) is 24.2 cm³/mol. The fraction of sp³-hybridized carbons (Fsp3) is 0.667. The van der Waals surface area contributed by atoms with E-state index in [0.29, 0.717) is 0 Å². The van der Waals surface area contributed by atoms with Crippen molar-refractivity contribution >= 4 is 17.7 Å². The smallest absolute Gasteiger partial charge is 0.246 e. The van der Waals surface area contributed by atoms with Crippen LogP contribution in [0.2, 0.25) is 0 Å². The Hall–Kier alpha value is -0.390. The summed E-state index contributed by atoms with van der Waals surface area (Å²) in [6.45, 7) is 0. The molecule has 0 rings (SSSR count). The second kappa shape index (κ2) is 2.95. The monoisotopic (exact) mass is 159 g/mol. The van der Waals surface area contributed by atoms with Gasteiger partial charge in [0.15, 0.2) is 0 Å². The van der Waals surface area contributed by atoms with Gasteiger partial charge < -0.3 is 0 Å². The van der Waals surface area contributed by atoms with Crippen LogP contribution in [0.5, 0.6) is 0 Å². The third kappa shape index (κ3) is 7.61. The van der Waals surface area contributed by atoms with Crippen LogP contribution in [0.3, 0.4) is 0 Å². The first-order valence-corrected chi connectivity index (χ1v) is 2.81. The maximum absolute atomic E-state index is 11.1. The first-order chi connectivity index (χ1) is 3.92. The van der Waals surface area contributed by atoms with E-state index in [-0.39, 0.29) is 0 Å². The lowest BCUT2D eigenvalue weighted by atomic mass is 10.8. The Morgan fingerprint density at radius 3 is 2.00 bits per heavy atom. The first-order valence-electron chi connectivity index (χ1n) is 1.82. The maximum Gasteiger partial charge on any atom is 0.442 e. The minimum atomic E-state index is -4.47. The number of carbonyl (C=O) groups excluding carboxylic acids is 1. The standard InChI is InChI=1S/C3H2F3O2S/c4-3(5,6)9-1-2(7)8/h1H2. The average Bonchev–Trinajstić information content (AvgIpc) is 1.59. The molecule has 0 fully saturated rings. The highest BCUT2D eigenvalue weighted by Gasteiger charge is 2.29. The van der Waals surface area contributed by atoms with E-state index in [0.717, 1.165) is 0 Å². The molecule has 0 unspecified atom stereocenters. The molecule has 9 heavy (non-hydrogen) atoms. The van der Waals surface area contributed by atoms with Crippen molar-refractivity contribution in [3.8, 4) is 0 Å². The van der Waals surface area contributed by atoms with Crippen LogP contribution >= 0.6 is 11.8 Å². The van der Waals surface area contributed by atoms with Gasteiger partial charge in [-0.15, -0.1) is 0 Å². The van der Waals surface area contributed by atoms with Crippen LogP contribution in [-0.2, 0) is 9.90 Å². The van der Waals surface area contributed by atoms with Gasteiger partial charge in [-0.1, -0.05) is 0 Å². The van der Waals surface area contributed by atoms with Crippen LogP contribution in [0, 0.1) is 0 Å². The Labute approximate surface area is 53.0 Å². The minimum Gasteiger partial charge on any atom is -0.246 e. The van der Waals surface area contributed by atoms with E-state index in [9.17, 15) is 23.1 Å². The molecule has 0 aliphatic rings. The Morgan fingerprint density at radius 1 is 1.44 bits per heavy atom. The largest absolute Gasteiger partial charge is 0.442 e. The third-order valence-corrected chi connectivity index (χ3v) is 1.06. The molecule has 53 valence electrons. The van der Waals surface area contributed by atoms with Gasteiger partial charge in [0.05, 0.1) is 0 Å². The molecule has 0 saturated heterocycles. The van der Waals surface area contributed by atoms with Crippen molar-refractivity contribution in [3.63, 3.8) is 0 Å². The van der Waals surface area contributed by atoms with E-state index in [2.05, 4.69) is 0 Å². The molecule has 0 aromatic rings. The second-order valence-corrected chi connectivity index (χ2v) is 2.15. The molecule has 2 nitrogen and oxygen atoms in total. The molecule has 0 N–H and O–H groups in total. The van der Waals surface area contributed by atoms with E-state index in [4.69, 9.17) is 0 Å². The molecule has 0 aromatic carbocycles. The van der Waals surface area contributed by atoms with E-state index in [1.165, 1.54) is 0 Å². The number of rotatable bonds is 2. The molecule has 0 heterocycles. The number of hydrogen-bond donors (Lipinski definition) is 0. The Balaban J connectivity index is 3.39. The van der Waals surface area contributed by atoms with E-state index in [1.54, 1.807) is 0 Å². The average molecular weight is 159 g/mol. The van der Waals surface area contributed by atoms with Gasteiger partial charge in [-0.05, 0) is 11.8 Å². The number of thioether (sulfide) groups is 1. The van der Waals surface area contributed by atoms with Crippen molar-refractivity contribution in [2.75, 3.05) is 5.75 Å². The molecule has 1 radical (unpaired) electrons. The topological polar surface area (TPSA) is 37.0 Å². The number of hydrogen-bond acceptors (Lipinski definition) is 2. The second-order valence-electron chi connectivity index (χ2n) is 1.11. The Morgan fingerprint density at radius 2 is 1.89 bits per heavy atom. The van der Waals surface area contributed by atoms with Gasteiger partial charge in [-0.25, -0.2) is 9.90 Å². The van der Waals surface area contributed by atoms with Crippen LogP contribution in [0.1, 0.15) is 0 Å². The molecule has 0 spiro atoms. The van der Waals surface area contributed by atoms with Gasteiger partial charge in [-0.2, -0.15) is 13.2 Å². The third-order valence-electron chi connectivity index (χ3n) is 0.354. The maximum atomic E-state index is 11.1. The van der Waals surface area contributed by atoms with Crippen LogP contribution < -0.4 is 0 Å². The van der Waals surface area contributed by atoms with Gasteiger partial charge in [0.2, 0.25) is 0 Å². The Bertz CT molecular complexity index is 110.